The van der Waals surface area contributed by atoms with Crippen molar-refractivity contribution >= 4 is 34.3 Å². The summed E-state index contributed by atoms with van der Waals surface area (Å²) in [5, 5.41) is 0.564. The van der Waals surface area contributed by atoms with Crippen LogP contribution in [0.15, 0.2) is 30.1 Å². The summed E-state index contributed by atoms with van der Waals surface area (Å²) in [6, 6.07) is 3.62. The van der Waals surface area contributed by atoms with E-state index in [1.807, 2.05) is 13.0 Å². The minimum atomic E-state index is -0.466. The van der Waals surface area contributed by atoms with Gasteiger partial charge in [-0.1, -0.05) is 23.6 Å². The average molecular weight is 345 g/mol. The molecule has 23 heavy (non-hydrogen) atoms. The van der Waals surface area contributed by atoms with Crippen molar-refractivity contribution in [2.24, 2.45) is 11.5 Å². The van der Waals surface area contributed by atoms with Gasteiger partial charge in [-0.25, -0.2) is 0 Å². The predicted octanol–water partition coefficient (Wildman–Crippen LogP) is 2.85. The number of aromatic nitrogens is 1. The Bertz CT molecular complexity index is 840. The molecule has 1 aliphatic carbocycles. The highest BCUT2D eigenvalue weighted by Gasteiger charge is 2.30. The van der Waals surface area contributed by atoms with Gasteiger partial charge in [-0.2, -0.15) is 0 Å². The zero-order valence-corrected chi connectivity index (χ0v) is 14.1. The number of amides is 1. The summed E-state index contributed by atoms with van der Waals surface area (Å²) in [4.78, 5) is 17.1. The first-order chi connectivity index (χ1) is 11.0. The molecule has 0 fully saturated rings. The van der Waals surface area contributed by atoms with Crippen LogP contribution in [0.5, 0.6) is 10.8 Å². The molecule has 1 amide bonds. The normalized spacial score (nSPS) is 15.5. The van der Waals surface area contributed by atoms with Gasteiger partial charge in [-0.3, -0.25) is 9.78 Å². The van der Waals surface area contributed by atoms with Crippen molar-refractivity contribution in [3.8, 4) is 10.8 Å². The van der Waals surface area contributed by atoms with Crippen LogP contribution in [-0.2, 0) is 6.42 Å². The summed E-state index contributed by atoms with van der Waals surface area (Å²) in [5.74, 6) is 0.159. The summed E-state index contributed by atoms with van der Waals surface area (Å²) in [7, 11) is 0. The number of aryl methyl sites for hydroxylation is 1. The topological polar surface area (TPSA) is 91.2 Å². The van der Waals surface area contributed by atoms with Crippen molar-refractivity contribution in [2.45, 2.75) is 19.8 Å². The van der Waals surface area contributed by atoms with Gasteiger partial charge in [0.05, 0.1) is 21.0 Å². The van der Waals surface area contributed by atoms with Crippen LogP contribution in [0.25, 0.3) is 0 Å². The molecule has 118 valence electrons. The van der Waals surface area contributed by atoms with Crippen LogP contribution in [-0.4, -0.2) is 15.8 Å². The largest absolute Gasteiger partial charge is 0.444 e. The lowest BCUT2D eigenvalue weighted by molar-refractivity contribution is 0.100. The summed E-state index contributed by atoms with van der Waals surface area (Å²) in [5.41, 5.74) is 14.4. The molecule has 2 heterocycles. The van der Waals surface area contributed by atoms with Crippen LogP contribution in [0.4, 0.5) is 0 Å². The van der Waals surface area contributed by atoms with Gasteiger partial charge in [-0.05, 0) is 49.2 Å². The van der Waals surface area contributed by atoms with E-state index >= 15 is 0 Å². The number of allylic oxidation sites excluding steroid dienone is 1. The highest BCUT2D eigenvalue weighted by Crippen LogP contribution is 2.43. The van der Waals surface area contributed by atoms with Gasteiger partial charge in [-0.15, -0.1) is 0 Å². The Labute approximate surface area is 143 Å². The molecule has 2 aromatic rings. The Morgan fingerprint density at radius 1 is 1.48 bits per heavy atom. The molecule has 1 aliphatic rings. The third-order valence-electron chi connectivity index (χ3n) is 3.72. The van der Waals surface area contributed by atoms with Crippen molar-refractivity contribution < 1.29 is 9.53 Å². The lowest BCUT2D eigenvalue weighted by atomic mass is 9.89. The zero-order chi connectivity index (χ0) is 16.6. The second-order valence-corrected chi connectivity index (χ2v) is 6.54. The Kier molecular flexibility index (Phi) is 4.14. The van der Waals surface area contributed by atoms with Gasteiger partial charge in [0.1, 0.15) is 5.75 Å². The number of rotatable bonds is 3. The number of ether oxygens (including phenoxy) is 1. The third-order valence-corrected chi connectivity index (χ3v) is 5.31. The van der Waals surface area contributed by atoms with Gasteiger partial charge in [0.2, 0.25) is 0 Å². The van der Waals surface area contributed by atoms with E-state index in [0.717, 1.165) is 22.4 Å². The van der Waals surface area contributed by atoms with Crippen molar-refractivity contribution in [3.05, 3.63) is 51.8 Å². The number of nitrogens with zero attached hydrogens (tertiary/aromatic N) is 1. The van der Waals surface area contributed by atoms with Crippen molar-refractivity contribution in [2.75, 3.05) is 0 Å². The third kappa shape index (κ3) is 2.73. The van der Waals surface area contributed by atoms with Crippen LogP contribution in [0.3, 0.4) is 0 Å². The van der Waals surface area contributed by atoms with Crippen LogP contribution >= 0.6 is 23.6 Å². The van der Waals surface area contributed by atoms with E-state index in [9.17, 15) is 4.79 Å². The molecular formula is C16H15N3O2S2. The lowest BCUT2D eigenvalue weighted by Crippen LogP contribution is -2.17. The minimum Gasteiger partial charge on any atom is -0.444 e. The van der Waals surface area contributed by atoms with E-state index < -0.39 is 5.91 Å². The number of carbonyl (C=O) groups is 1. The predicted molar refractivity (Wildman–Crippen MR) is 94.2 cm³/mol. The fourth-order valence-corrected chi connectivity index (χ4v) is 4.07. The fraction of sp³-hybridized carbons (Fsp3) is 0.188. The summed E-state index contributed by atoms with van der Waals surface area (Å²) in [6.07, 6.45) is 4.58. The molecule has 7 heteroatoms. The summed E-state index contributed by atoms with van der Waals surface area (Å²) < 4.78 is 5.99. The molecule has 0 atom stereocenters. The van der Waals surface area contributed by atoms with Gasteiger partial charge in [0, 0.05) is 6.20 Å². The van der Waals surface area contributed by atoms with Crippen LogP contribution in [0.2, 0.25) is 0 Å². The van der Waals surface area contributed by atoms with Crippen LogP contribution < -0.4 is 16.2 Å². The number of hydrogen-bond donors (Lipinski definition) is 2. The first kappa shape index (κ1) is 15.6. The van der Waals surface area contributed by atoms with Crippen LogP contribution in [0.1, 0.15) is 32.9 Å². The highest BCUT2D eigenvalue weighted by molar-refractivity contribution is 7.81. The molecule has 0 bridgehead atoms. The lowest BCUT2D eigenvalue weighted by Gasteiger charge is -2.18. The van der Waals surface area contributed by atoms with Crippen molar-refractivity contribution in [1.82, 2.24) is 4.98 Å². The van der Waals surface area contributed by atoms with E-state index in [1.54, 1.807) is 12.3 Å². The van der Waals surface area contributed by atoms with Crippen molar-refractivity contribution in [1.29, 1.82) is 0 Å². The van der Waals surface area contributed by atoms with Gasteiger partial charge >= 0.3 is 0 Å². The van der Waals surface area contributed by atoms with Gasteiger partial charge in [0.15, 0.2) is 5.06 Å². The van der Waals surface area contributed by atoms with E-state index in [-0.39, 0.29) is 0 Å². The molecule has 5 nitrogen and oxygen atoms in total. The Morgan fingerprint density at radius 3 is 2.91 bits per heavy atom. The monoisotopic (exact) mass is 345 g/mol. The van der Waals surface area contributed by atoms with E-state index in [1.165, 1.54) is 17.5 Å². The molecule has 0 saturated carbocycles. The molecule has 0 aromatic carbocycles. The molecular weight excluding hydrogens is 330 g/mol. The van der Waals surface area contributed by atoms with E-state index in [0.29, 0.717) is 33.4 Å². The molecule has 0 spiro atoms. The Morgan fingerprint density at radius 2 is 2.26 bits per heavy atom. The first-order valence-electron chi connectivity index (χ1n) is 7.03. The highest BCUT2D eigenvalue weighted by atomic mass is 32.1. The molecule has 0 unspecified atom stereocenters. The summed E-state index contributed by atoms with van der Waals surface area (Å²) in [6.45, 7) is 1.86. The number of carbonyl (C=O) groups excluding carboxylic acids is 1. The minimum absolute atomic E-state index is 0.466. The second kappa shape index (κ2) is 6.10. The molecule has 0 aliphatic heterocycles. The smallest absolute Gasteiger partial charge is 0.259 e. The molecule has 2 aromatic heterocycles. The molecule has 4 N–H and O–H groups in total. The fourth-order valence-electron chi connectivity index (χ4n) is 2.55. The van der Waals surface area contributed by atoms with Crippen molar-refractivity contribution in [3.63, 3.8) is 0 Å². The number of fused-ring (bicyclic) bond motifs is 1. The summed E-state index contributed by atoms with van der Waals surface area (Å²) >= 11 is 6.75. The van der Waals surface area contributed by atoms with Crippen LogP contribution in [0, 0.1) is 6.92 Å². The quantitative estimate of drug-likeness (QED) is 0.659. The molecule has 0 radical (unpaired) electrons. The number of nitrogens with two attached hydrogens (primary N) is 2. The SMILES string of the molecule is Cc1ncccc1Oc1sc(C(N)=O)c2c1C(=S)C(=CN)CC2. The van der Waals surface area contributed by atoms with Gasteiger partial charge < -0.3 is 16.2 Å². The standard InChI is InChI=1S/C16H15N3O2S2/c1-8-11(3-2-6-19-8)21-16-12-10(14(23-16)15(18)20)5-4-9(7-17)13(12)22/h2-3,6-7H,4-5,17H2,1H3,(H2,18,20). The number of primary amides is 1. The average Bonchev–Trinajstić information content (AvgIpc) is 2.90. The van der Waals surface area contributed by atoms with E-state index in [2.05, 4.69) is 4.98 Å². The Balaban J connectivity index is 2.13. The zero-order valence-electron chi connectivity index (χ0n) is 12.5. The number of pyridine rings is 1. The Hall–Kier alpha value is -2.25. The maximum absolute atomic E-state index is 11.7. The second-order valence-electron chi connectivity index (χ2n) is 5.15. The molecule has 3 rings (SSSR count). The maximum Gasteiger partial charge on any atom is 0.259 e. The first-order valence-corrected chi connectivity index (χ1v) is 8.25. The number of thiocarbonyl (C=S) groups is 1. The molecule has 0 saturated heterocycles. The van der Waals surface area contributed by atoms with E-state index in [4.69, 9.17) is 28.4 Å². The number of hydrogen-bond acceptors (Lipinski definition) is 6. The number of thiophene rings is 1. The maximum atomic E-state index is 11.7. The van der Waals surface area contributed by atoms with Gasteiger partial charge in [0.25, 0.3) is 5.91 Å².